The molecule has 0 saturated carbocycles. The molecule has 5 rings (SSSR count). The highest BCUT2D eigenvalue weighted by atomic mass is 16.3. The van der Waals surface area contributed by atoms with E-state index in [0.29, 0.717) is 18.5 Å². The Kier molecular flexibility index (Phi) is 4.70. The molecule has 0 spiro atoms. The van der Waals surface area contributed by atoms with Crippen LogP contribution in [0.3, 0.4) is 0 Å². The number of rotatable bonds is 4. The van der Waals surface area contributed by atoms with E-state index in [1.54, 1.807) is 6.26 Å². The van der Waals surface area contributed by atoms with Crippen molar-refractivity contribution in [3.05, 3.63) is 54.2 Å². The molecular formula is C19H24N4O2. The van der Waals surface area contributed by atoms with Crippen molar-refractivity contribution in [2.75, 3.05) is 19.6 Å². The van der Waals surface area contributed by atoms with Gasteiger partial charge in [-0.15, -0.1) is 0 Å². The largest absolute Gasteiger partial charge is 0.467 e. The highest BCUT2D eigenvalue weighted by molar-refractivity contribution is 5.74. The molecule has 0 aromatic carbocycles. The Bertz CT molecular complexity index is 689. The fourth-order valence-electron chi connectivity index (χ4n) is 3.93. The SMILES string of the molecule is O=C(NCc1ccco1)N1C[C@H]2CC[C@@H](C1)N(Cc1ccccn1)C2. The van der Waals surface area contributed by atoms with Crippen LogP contribution < -0.4 is 5.32 Å². The van der Waals surface area contributed by atoms with Gasteiger partial charge in [0.1, 0.15) is 5.76 Å². The lowest BCUT2D eigenvalue weighted by Crippen LogP contribution is -2.45. The van der Waals surface area contributed by atoms with Gasteiger partial charge in [0.2, 0.25) is 0 Å². The first kappa shape index (κ1) is 16.1. The molecule has 6 heteroatoms. The minimum Gasteiger partial charge on any atom is -0.467 e. The van der Waals surface area contributed by atoms with Crippen molar-refractivity contribution >= 4 is 6.03 Å². The van der Waals surface area contributed by atoms with E-state index in [1.165, 1.54) is 6.42 Å². The van der Waals surface area contributed by atoms with Gasteiger partial charge in [0, 0.05) is 38.4 Å². The number of carbonyl (C=O) groups excluding carboxylic acids is 1. The second-order valence-electron chi connectivity index (χ2n) is 6.99. The zero-order chi connectivity index (χ0) is 17.1. The predicted octanol–water partition coefficient (Wildman–Crippen LogP) is 2.48. The maximum Gasteiger partial charge on any atom is 0.317 e. The molecule has 5 heterocycles. The quantitative estimate of drug-likeness (QED) is 0.929. The Morgan fingerprint density at radius 1 is 1.20 bits per heavy atom. The summed E-state index contributed by atoms with van der Waals surface area (Å²) in [5, 5.41) is 2.98. The lowest BCUT2D eigenvalue weighted by molar-refractivity contribution is 0.122. The van der Waals surface area contributed by atoms with Gasteiger partial charge < -0.3 is 14.6 Å². The summed E-state index contributed by atoms with van der Waals surface area (Å²) in [6.07, 6.45) is 5.83. The first-order chi connectivity index (χ1) is 12.3. The third kappa shape index (κ3) is 3.85. The molecule has 3 aliphatic heterocycles. The van der Waals surface area contributed by atoms with E-state index >= 15 is 0 Å². The number of urea groups is 1. The normalized spacial score (nSPS) is 23.4. The summed E-state index contributed by atoms with van der Waals surface area (Å²) in [4.78, 5) is 21.5. The van der Waals surface area contributed by atoms with Crippen molar-refractivity contribution in [1.82, 2.24) is 20.1 Å². The Morgan fingerprint density at radius 2 is 2.16 bits per heavy atom. The molecule has 3 fully saturated rings. The minimum absolute atomic E-state index is 0.00739. The first-order valence-corrected chi connectivity index (χ1v) is 8.97. The van der Waals surface area contributed by atoms with Gasteiger partial charge in [-0.3, -0.25) is 9.88 Å². The number of aromatic nitrogens is 1. The fraction of sp³-hybridized carbons (Fsp3) is 0.474. The number of hydrogen-bond donors (Lipinski definition) is 1. The van der Waals surface area contributed by atoms with Crippen LogP contribution >= 0.6 is 0 Å². The van der Waals surface area contributed by atoms with Gasteiger partial charge in [0.25, 0.3) is 0 Å². The maximum atomic E-state index is 12.6. The van der Waals surface area contributed by atoms with Crippen LogP contribution in [0.1, 0.15) is 24.3 Å². The van der Waals surface area contributed by atoms with Gasteiger partial charge in [0.05, 0.1) is 18.5 Å². The summed E-state index contributed by atoms with van der Waals surface area (Å²) >= 11 is 0. The van der Waals surface area contributed by atoms with Crippen molar-refractivity contribution in [2.45, 2.75) is 32.0 Å². The van der Waals surface area contributed by atoms with Gasteiger partial charge in [-0.25, -0.2) is 4.79 Å². The van der Waals surface area contributed by atoms with Gasteiger partial charge in [0.15, 0.2) is 0 Å². The number of carbonyl (C=O) groups is 1. The van der Waals surface area contributed by atoms with Crippen LogP contribution in [0.25, 0.3) is 0 Å². The maximum absolute atomic E-state index is 12.6. The molecular weight excluding hydrogens is 316 g/mol. The van der Waals surface area contributed by atoms with E-state index in [9.17, 15) is 4.79 Å². The number of hydrogen-bond acceptors (Lipinski definition) is 4. The third-order valence-electron chi connectivity index (χ3n) is 5.20. The summed E-state index contributed by atoms with van der Waals surface area (Å²) in [5.41, 5.74) is 1.10. The van der Waals surface area contributed by atoms with E-state index in [1.807, 2.05) is 35.4 Å². The summed E-state index contributed by atoms with van der Waals surface area (Å²) in [5.74, 6) is 1.32. The molecule has 3 aliphatic rings. The predicted molar refractivity (Wildman–Crippen MR) is 93.7 cm³/mol. The Labute approximate surface area is 147 Å². The zero-order valence-electron chi connectivity index (χ0n) is 14.3. The molecule has 25 heavy (non-hydrogen) atoms. The Morgan fingerprint density at radius 3 is 2.96 bits per heavy atom. The van der Waals surface area contributed by atoms with Crippen LogP contribution in [0.2, 0.25) is 0 Å². The van der Waals surface area contributed by atoms with E-state index in [-0.39, 0.29) is 6.03 Å². The number of furan rings is 1. The molecule has 2 atom stereocenters. The topological polar surface area (TPSA) is 61.6 Å². The van der Waals surface area contributed by atoms with Crippen LogP contribution in [0.5, 0.6) is 0 Å². The average molecular weight is 340 g/mol. The zero-order valence-corrected chi connectivity index (χ0v) is 14.3. The second kappa shape index (κ2) is 7.27. The summed E-state index contributed by atoms with van der Waals surface area (Å²) in [6, 6.07) is 10.2. The summed E-state index contributed by atoms with van der Waals surface area (Å²) < 4.78 is 5.29. The summed E-state index contributed by atoms with van der Waals surface area (Å²) in [7, 11) is 0. The van der Waals surface area contributed by atoms with E-state index < -0.39 is 0 Å². The van der Waals surface area contributed by atoms with Gasteiger partial charge in [-0.1, -0.05) is 6.07 Å². The van der Waals surface area contributed by atoms with Gasteiger partial charge >= 0.3 is 6.03 Å². The molecule has 2 bridgehead atoms. The number of piperidine rings is 1. The molecule has 1 N–H and O–H groups in total. The van der Waals surface area contributed by atoms with Crippen LogP contribution in [0.15, 0.2) is 47.2 Å². The Hall–Kier alpha value is -2.34. The highest BCUT2D eigenvalue weighted by Gasteiger charge is 2.36. The molecule has 0 aliphatic carbocycles. The number of amides is 2. The van der Waals surface area contributed by atoms with Crippen molar-refractivity contribution in [1.29, 1.82) is 0 Å². The molecule has 2 amide bonds. The van der Waals surface area contributed by atoms with Crippen molar-refractivity contribution in [2.24, 2.45) is 5.92 Å². The van der Waals surface area contributed by atoms with Crippen LogP contribution in [0, 0.1) is 5.92 Å². The molecule has 132 valence electrons. The van der Waals surface area contributed by atoms with Crippen molar-refractivity contribution in [3.8, 4) is 0 Å². The van der Waals surface area contributed by atoms with Gasteiger partial charge in [-0.2, -0.15) is 0 Å². The molecule has 0 unspecified atom stereocenters. The van der Waals surface area contributed by atoms with Crippen LogP contribution in [-0.2, 0) is 13.1 Å². The summed E-state index contributed by atoms with van der Waals surface area (Å²) in [6.45, 7) is 3.97. The minimum atomic E-state index is 0.00739. The third-order valence-corrected chi connectivity index (χ3v) is 5.20. The monoisotopic (exact) mass is 340 g/mol. The molecule has 6 nitrogen and oxygen atoms in total. The number of fused-ring (bicyclic) bond motifs is 4. The van der Waals surface area contributed by atoms with E-state index in [0.717, 1.165) is 44.1 Å². The number of nitrogens with one attached hydrogen (secondary N) is 1. The molecule has 2 aromatic rings. The van der Waals surface area contributed by atoms with Crippen LogP contribution in [0.4, 0.5) is 4.79 Å². The average Bonchev–Trinajstić information content (AvgIpc) is 3.00. The molecule has 2 aromatic heterocycles. The van der Waals surface area contributed by atoms with Crippen LogP contribution in [-0.4, -0.2) is 46.5 Å². The smallest absolute Gasteiger partial charge is 0.317 e. The van der Waals surface area contributed by atoms with E-state index in [4.69, 9.17) is 4.42 Å². The van der Waals surface area contributed by atoms with E-state index in [2.05, 4.69) is 21.3 Å². The lowest BCUT2D eigenvalue weighted by atomic mass is 9.95. The second-order valence-corrected chi connectivity index (χ2v) is 6.99. The fourth-order valence-corrected chi connectivity index (χ4v) is 3.93. The van der Waals surface area contributed by atoms with Crippen molar-refractivity contribution < 1.29 is 9.21 Å². The highest BCUT2D eigenvalue weighted by Crippen LogP contribution is 2.29. The van der Waals surface area contributed by atoms with Gasteiger partial charge in [-0.05, 0) is 43.0 Å². The number of nitrogens with zero attached hydrogens (tertiary/aromatic N) is 3. The lowest BCUT2D eigenvalue weighted by Gasteiger charge is -2.35. The first-order valence-electron chi connectivity index (χ1n) is 8.97. The Balaban J connectivity index is 1.38. The molecule has 3 saturated heterocycles. The number of pyridine rings is 1. The standard InChI is InChI=1S/C19H24N4O2/c24-19(21-10-18-5-3-9-25-18)23-12-15-6-7-17(14-23)22(11-15)13-16-4-1-2-8-20-16/h1-5,8-9,15,17H,6-7,10-14H2,(H,21,24)/t15-,17-/m0/s1. The molecule has 0 radical (unpaired) electrons. The van der Waals surface area contributed by atoms with Crippen molar-refractivity contribution in [3.63, 3.8) is 0 Å².